The van der Waals surface area contributed by atoms with E-state index in [2.05, 4.69) is 14.5 Å². The Labute approximate surface area is 108 Å². The first-order chi connectivity index (χ1) is 9.08. The molecule has 0 aliphatic carbocycles. The minimum atomic E-state index is -5.34. The summed E-state index contributed by atoms with van der Waals surface area (Å²) in [5.74, 6) is -2.40. The molecule has 0 aliphatic rings. The average molecular weight is 300 g/mol. The van der Waals surface area contributed by atoms with Gasteiger partial charge in [0.15, 0.2) is 11.4 Å². The van der Waals surface area contributed by atoms with Crippen LogP contribution in [-0.2, 0) is 12.6 Å². The molecule has 0 bridgehead atoms. The monoisotopic (exact) mass is 300 g/mol. The zero-order chi connectivity index (χ0) is 15.6. The lowest BCUT2D eigenvalue weighted by Crippen LogP contribution is -2.22. The van der Waals surface area contributed by atoms with Crippen LogP contribution in [0.3, 0.4) is 0 Å². The summed E-state index contributed by atoms with van der Waals surface area (Å²) in [7, 11) is 0.870. The largest absolute Gasteiger partial charge is 0.573 e. The number of hydrogen-bond acceptors (Lipinski definition) is 4. The maximum Gasteiger partial charge on any atom is 0.573 e. The van der Waals surface area contributed by atoms with Gasteiger partial charge in [-0.3, -0.25) is 0 Å². The predicted molar refractivity (Wildman–Crippen MR) is 51.8 cm³/mol. The van der Waals surface area contributed by atoms with Gasteiger partial charge in [-0.2, -0.15) is 18.4 Å². The molecule has 20 heavy (non-hydrogen) atoms. The molecule has 4 nitrogen and oxygen atoms in total. The number of hydrogen-bond donors (Lipinski definition) is 0. The number of halogens is 6. The summed E-state index contributed by atoms with van der Waals surface area (Å²) in [6.45, 7) is 0. The van der Waals surface area contributed by atoms with Crippen molar-refractivity contribution in [3.63, 3.8) is 0 Å². The normalized spacial score (nSPS) is 11.9. The van der Waals surface area contributed by atoms with Gasteiger partial charge in [-0.1, -0.05) is 0 Å². The van der Waals surface area contributed by atoms with E-state index in [9.17, 15) is 26.3 Å². The molecule has 0 aliphatic heterocycles. The van der Waals surface area contributed by atoms with Gasteiger partial charge in [0.1, 0.15) is 0 Å². The number of nitriles is 1. The standard InChI is InChI=1S/C10H6F6N2O2/c1-19-6-4-5(2-3-17)18-8(9(11,12)13)7(6)20-10(14,15)16/h4H,2H2,1H3. The highest BCUT2D eigenvalue weighted by Gasteiger charge is 2.43. The Morgan fingerprint density at radius 3 is 2.25 bits per heavy atom. The molecule has 0 N–H and O–H groups in total. The number of nitrogens with zero attached hydrogens (tertiary/aromatic N) is 2. The van der Waals surface area contributed by atoms with Crippen LogP contribution in [0.15, 0.2) is 6.07 Å². The van der Waals surface area contributed by atoms with E-state index in [1.165, 1.54) is 6.07 Å². The fourth-order valence-electron chi connectivity index (χ4n) is 1.29. The van der Waals surface area contributed by atoms with Crippen LogP contribution < -0.4 is 9.47 Å². The van der Waals surface area contributed by atoms with Crippen LogP contribution in [0.2, 0.25) is 0 Å². The van der Waals surface area contributed by atoms with Crippen LogP contribution in [0.25, 0.3) is 0 Å². The van der Waals surface area contributed by atoms with Crippen molar-refractivity contribution in [3.8, 4) is 17.6 Å². The Morgan fingerprint density at radius 1 is 1.25 bits per heavy atom. The second-order valence-electron chi connectivity index (χ2n) is 3.37. The van der Waals surface area contributed by atoms with Crippen LogP contribution in [-0.4, -0.2) is 18.5 Å². The van der Waals surface area contributed by atoms with E-state index in [0.717, 1.165) is 13.2 Å². The summed E-state index contributed by atoms with van der Waals surface area (Å²) in [5, 5.41) is 8.41. The summed E-state index contributed by atoms with van der Waals surface area (Å²) in [5.41, 5.74) is -2.29. The number of ether oxygens (including phenoxy) is 2. The average Bonchev–Trinajstić information content (AvgIpc) is 2.27. The summed E-state index contributed by atoms with van der Waals surface area (Å²) in [6.07, 6.45) is -11.1. The van der Waals surface area contributed by atoms with Gasteiger partial charge in [0.05, 0.1) is 25.3 Å². The Bertz CT molecular complexity index is 532. The Balaban J connectivity index is 3.49. The van der Waals surface area contributed by atoms with E-state index in [-0.39, 0.29) is 5.69 Å². The Kier molecular flexibility index (Phi) is 4.32. The topological polar surface area (TPSA) is 55.1 Å². The molecule has 0 fully saturated rings. The van der Waals surface area contributed by atoms with E-state index in [0.29, 0.717) is 0 Å². The minimum Gasteiger partial charge on any atom is -0.493 e. The lowest BCUT2D eigenvalue weighted by molar-refractivity contribution is -0.277. The Morgan fingerprint density at radius 2 is 1.85 bits per heavy atom. The maximum absolute atomic E-state index is 12.7. The third-order valence-corrected chi connectivity index (χ3v) is 1.96. The van der Waals surface area contributed by atoms with Crippen molar-refractivity contribution in [1.82, 2.24) is 4.98 Å². The van der Waals surface area contributed by atoms with Crippen molar-refractivity contribution in [3.05, 3.63) is 17.5 Å². The molecule has 1 rings (SSSR count). The first-order valence-electron chi connectivity index (χ1n) is 4.86. The van der Waals surface area contributed by atoms with Gasteiger partial charge in [-0.05, 0) is 0 Å². The minimum absolute atomic E-state index is 0.383. The summed E-state index contributed by atoms with van der Waals surface area (Å²) in [6, 6.07) is 2.31. The van der Waals surface area contributed by atoms with Gasteiger partial charge < -0.3 is 9.47 Å². The third kappa shape index (κ3) is 3.91. The summed E-state index contributed by atoms with van der Waals surface area (Å²) < 4.78 is 82.3. The van der Waals surface area contributed by atoms with Crippen LogP contribution in [0.1, 0.15) is 11.4 Å². The van der Waals surface area contributed by atoms with Crippen LogP contribution >= 0.6 is 0 Å². The highest BCUT2D eigenvalue weighted by Crippen LogP contribution is 2.42. The van der Waals surface area contributed by atoms with Crippen LogP contribution in [0.5, 0.6) is 11.5 Å². The van der Waals surface area contributed by atoms with Crippen molar-refractivity contribution in [2.45, 2.75) is 19.0 Å². The van der Waals surface area contributed by atoms with E-state index >= 15 is 0 Å². The fourth-order valence-corrected chi connectivity index (χ4v) is 1.29. The molecule has 0 aromatic carbocycles. The van der Waals surface area contributed by atoms with E-state index in [1.807, 2.05) is 0 Å². The quantitative estimate of drug-likeness (QED) is 0.805. The number of alkyl halides is 6. The van der Waals surface area contributed by atoms with Crippen LogP contribution in [0.4, 0.5) is 26.3 Å². The zero-order valence-electron chi connectivity index (χ0n) is 9.76. The Hall–Kier alpha value is -2.18. The highest BCUT2D eigenvalue weighted by atomic mass is 19.4. The molecule has 1 heterocycles. The molecule has 0 saturated carbocycles. The molecule has 1 aromatic heterocycles. The molecular formula is C10H6F6N2O2. The molecule has 0 radical (unpaired) electrons. The maximum atomic E-state index is 12.7. The molecule has 0 spiro atoms. The number of rotatable bonds is 3. The second kappa shape index (κ2) is 5.44. The highest BCUT2D eigenvalue weighted by molar-refractivity contribution is 5.46. The number of aromatic nitrogens is 1. The molecule has 0 atom stereocenters. The molecule has 1 aromatic rings. The van der Waals surface area contributed by atoms with Gasteiger partial charge in [0.2, 0.25) is 5.75 Å². The molecule has 110 valence electrons. The van der Waals surface area contributed by atoms with E-state index < -0.39 is 36.2 Å². The van der Waals surface area contributed by atoms with Crippen LogP contribution in [0, 0.1) is 11.3 Å². The van der Waals surface area contributed by atoms with Crippen molar-refractivity contribution < 1.29 is 35.8 Å². The molecule has 0 unspecified atom stereocenters. The molecule has 0 amide bonds. The van der Waals surface area contributed by atoms with Gasteiger partial charge in [-0.15, -0.1) is 13.2 Å². The van der Waals surface area contributed by atoms with Gasteiger partial charge in [0, 0.05) is 6.07 Å². The molecular weight excluding hydrogens is 294 g/mol. The van der Waals surface area contributed by atoms with Gasteiger partial charge >= 0.3 is 12.5 Å². The summed E-state index contributed by atoms with van der Waals surface area (Å²) >= 11 is 0. The van der Waals surface area contributed by atoms with Gasteiger partial charge in [0.25, 0.3) is 0 Å². The van der Waals surface area contributed by atoms with E-state index in [4.69, 9.17) is 5.26 Å². The van der Waals surface area contributed by atoms with Crippen molar-refractivity contribution in [2.75, 3.05) is 7.11 Å². The van der Waals surface area contributed by atoms with Crippen molar-refractivity contribution >= 4 is 0 Å². The lowest BCUT2D eigenvalue weighted by Gasteiger charge is -2.17. The molecule has 0 saturated heterocycles. The van der Waals surface area contributed by atoms with Crippen molar-refractivity contribution in [2.24, 2.45) is 0 Å². The zero-order valence-corrected chi connectivity index (χ0v) is 9.76. The third-order valence-electron chi connectivity index (χ3n) is 1.96. The fraction of sp³-hybridized carbons (Fsp3) is 0.400. The van der Waals surface area contributed by atoms with Gasteiger partial charge in [-0.25, -0.2) is 4.98 Å². The summed E-state index contributed by atoms with van der Waals surface area (Å²) in [4.78, 5) is 2.97. The van der Waals surface area contributed by atoms with Crippen molar-refractivity contribution in [1.29, 1.82) is 5.26 Å². The SMILES string of the molecule is COc1cc(CC#N)nc(C(F)(F)F)c1OC(F)(F)F. The molecule has 10 heteroatoms. The lowest BCUT2D eigenvalue weighted by atomic mass is 10.2. The first kappa shape index (κ1) is 15.9. The number of pyridine rings is 1. The predicted octanol–water partition coefficient (Wildman–Crippen LogP) is 3.07. The first-order valence-corrected chi connectivity index (χ1v) is 4.86. The smallest absolute Gasteiger partial charge is 0.493 e. The number of methoxy groups -OCH3 is 1. The van der Waals surface area contributed by atoms with E-state index in [1.54, 1.807) is 0 Å². The second-order valence-corrected chi connectivity index (χ2v) is 3.37.